The van der Waals surface area contributed by atoms with Gasteiger partial charge in [0.05, 0.1) is 17.7 Å². The lowest BCUT2D eigenvalue weighted by molar-refractivity contribution is 0.269. The maximum atomic E-state index is 9.11. The second kappa shape index (κ2) is 5.99. The van der Waals surface area contributed by atoms with E-state index < -0.39 is 0 Å². The summed E-state index contributed by atoms with van der Waals surface area (Å²) in [5.41, 5.74) is 3.18. The van der Waals surface area contributed by atoms with Crippen LogP contribution < -0.4 is 4.90 Å². The normalized spacial score (nSPS) is 19.2. The molecule has 2 aromatic carbocycles. The van der Waals surface area contributed by atoms with Gasteiger partial charge in [-0.2, -0.15) is 5.26 Å². The van der Waals surface area contributed by atoms with Crippen molar-refractivity contribution >= 4 is 5.69 Å². The van der Waals surface area contributed by atoms with E-state index >= 15 is 0 Å². The molecule has 1 heterocycles. The molecule has 0 aliphatic carbocycles. The van der Waals surface area contributed by atoms with Gasteiger partial charge >= 0.3 is 0 Å². The van der Waals surface area contributed by atoms with Crippen molar-refractivity contribution < 1.29 is 0 Å². The molecule has 0 N–H and O–H groups in total. The molecular formula is C18H19N3. The molecule has 0 bridgehead atoms. The van der Waals surface area contributed by atoms with E-state index in [0.717, 1.165) is 30.9 Å². The van der Waals surface area contributed by atoms with Gasteiger partial charge in [-0.25, -0.2) is 0 Å². The molecule has 1 aliphatic heterocycles. The minimum Gasteiger partial charge on any atom is -0.362 e. The first-order chi connectivity index (χ1) is 10.3. The van der Waals surface area contributed by atoms with Crippen LogP contribution in [0.25, 0.3) is 0 Å². The van der Waals surface area contributed by atoms with Gasteiger partial charge in [-0.15, -0.1) is 0 Å². The summed E-state index contributed by atoms with van der Waals surface area (Å²) in [6, 6.07) is 21.1. The van der Waals surface area contributed by atoms with E-state index in [4.69, 9.17) is 5.26 Å². The number of rotatable bonds is 2. The highest BCUT2D eigenvalue weighted by Crippen LogP contribution is 2.30. The van der Waals surface area contributed by atoms with E-state index in [0.29, 0.717) is 6.04 Å². The standard InChI is InChI=1S/C18H19N3/c1-20-10-11-21(17-9-5-6-15(12-17)13-19)18(14-20)16-7-3-2-4-8-16/h2-9,12,18H,10-11,14H2,1H3. The first-order valence-electron chi connectivity index (χ1n) is 7.28. The molecule has 0 radical (unpaired) electrons. The van der Waals surface area contributed by atoms with E-state index in [-0.39, 0.29) is 0 Å². The van der Waals surface area contributed by atoms with Gasteiger partial charge in [0.1, 0.15) is 0 Å². The van der Waals surface area contributed by atoms with Crippen LogP contribution in [0.3, 0.4) is 0 Å². The average molecular weight is 277 g/mol. The van der Waals surface area contributed by atoms with Crippen LogP contribution in [0.15, 0.2) is 54.6 Å². The maximum Gasteiger partial charge on any atom is 0.0992 e. The summed E-state index contributed by atoms with van der Waals surface area (Å²) in [5.74, 6) is 0. The van der Waals surface area contributed by atoms with Gasteiger partial charge in [0, 0.05) is 25.3 Å². The topological polar surface area (TPSA) is 30.3 Å². The minimum absolute atomic E-state index is 0.332. The number of nitriles is 1. The fourth-order valence-corrected chi connectivity index (χ4v) is 2.94. The van der Waals surface area contributed by atoms with Crippen LogP contribution >= 0.6 is 0 Å². The molecule has 0 amide bonds. The Morgan fingerprint density at radius 3 is 2.62 bits per heavy atom. The first-order valence-corrected chi connectivity index (χ1v) is 7.28. The molecule has 1 fully saturated rings. The Kier molecular flexibility index (Phi) is 3.89. The lowest BCUT2D eigenvalue weighted by Crippen LogP contribution is -2.46. The van der Waals surface area contributed by atoms with Crippen molar-refractivity contribution in [2.24, 2.45) is 0 Å². The van der Waals surface area contributed by atoms with Gasteiger partial charge in [0.15, 0.2) is 0 Å². The van der Waals surface area contributed by atoms with Crippen LogP contribution in [0.2, 0.25) is 0 Å². The number of likely N-dealkylation sites (N-methyl/N-ethyl adjacent to an activating group) is 1. The van der Waals surface area contributed by atoms with Crippen molar-refractivity contribution in [1.82, 2.24) is 4.90 Å². The zero-order valence-corrected chi connectivity index (χ0v) is 12.2. The molecule has 21 heavy (non-hydrogen) atoms. The average Bonchev–Trinajstić information content (AvgIpc) is 2.55. The Bertz CT molecular complexity index is 645. The van der Waals surface area contributed by atoms with Crippen LogP contribution in [-0.4, -0.2) is 31.6 Å². The van der Waals surface area contributed by atoms with E-state index in [9.17, 15) is 0 Å². The number of benzene rings is 2. The molecule has 0 saturated carbocycles. The van der Waals surface area contributed by atoms with Crippen molar-refractivity contribution in [3.63, 3.8) is 0 Å². The third-order valence-electron chi connectivity index (χ3n) is 4.07. The second-order valence-corrected chi connectivity index (χ2v) is 5.54. The van der Waals surface area contributed by atoms with Crippen molar-refractivity contribution in [2.75, 3.05) is 31.6 Å². The van der Waals surface area contributed by atoms with Gasteiger partial charge in [-0.1, -0.05) is 36.4 Å². The Balaban J connectivity index is 1.96. The SMILES string of the molecule is CN1CCN(c2cccc(C#N)c2)C(c2ccccc2)C1. The molecule has 1 saturated heterocycles. The van der Waals surface area contributed by atoms with Gasteiger partial charge < -0.3 is 9.80 Å². The quantitative estimate of drug-likeness (QED) is 0.845. The fourth-order valence-electron chi connectivity index (χ4n) is 2.94. The fraction of sp³-hybridized carbons (Fsp3) is 0.278. The van der Waals surface area contributed by atoms with Crippen molar-refractivity contribution in [1.29, 1.82) is 5.26 Å². The lowest BCUT2D eigenvalue weighted by atomic mass is 10.0. The molecule has 3 heteroatoms. The van der Waals surface area contributed by atoms with Crippen molar-refractivity contribution in [3.05, 3.63) is 65.7 Å². The van der Waals surface area contributed by atoms with Gasteiger partial charge in [-0.3, -0.25) is 0 Å². The molecule has 106 valence electrons. The minimum atomic E-state index is 0.332. The molecule has 2 aromatic rings. The monoisotopic (exact) mass is 277 g/mol. The third-order valence-corrected chi connectivity index (χ3v) is 4.07. The molecule has 1 unspecified atom stereocenters. The number of anilines is 1. The Hall–Kier alpha value is -2.31. The summed E-state index contributed by atoms with van der Waals surface area (Å²) in [4.78, 5) is 4.78. The highest BCUT2D eigenvalue weighted by atomic mass is 15.3. The van der Waals surface area contributed by atoms with Gasteiger partial charge in [-0.05, 0) is 30.8 Å². The summed E-state index contributed by atoms with van der Waals surface area (Å²) < 4.78 is 0. The van der Waals surface area contributed by atoms with Gasteiger partial charge in [0.2, 0.25) is 0 Å². The second-order valence-electron chi connectivity index (χ2n) is 5.54. The predicted molar refractivity (Wildman–Crippen MR) is 85.2 cm³/mol. The lowest BCUT2D eigenvalue weighted by Gasteiger charge is -2.42. The highest BCUT2D eigenvalue weighted by molar-refractivity contribution is 5.54. The highest BCUT2D eigenvalue weighted by Gasteiger charge is 2.26. The van der Waals surface area contributed by atoms with Crippen molar-refractivity contribution in [2.45, 2.75) is 6.04 Å². The first kappa shape index (κ1) is 13.7. The number of nitrogens with zero attached hydrogens (tertiary/aromatic N) is 3. The summed E-state index contributed by atoms with van der Waals surface area (Å²) in [6.07, 6.45) is 0. The third kappa shape index (κ3) is 2.91. The van der Waals surface area contributed by atoms with E-state index in [1.807, 2.05) is 18.2 Å². The molecule has 0 spiro atoms. The van der Waals surface area contributed by atoms with Crippen LogP contribution in [0.1, 0.15) is 17.2 Å². The van der Waals surface area contributed by atoms with E-state index in [1.54, 1.807) is 0 Å². The zero-order valence-electron chi connectivity index (χ0n) is 12.2. The van der Waals surface area contributed by atoms with Crippen molar-refractivity contribution in [3.8, 4) is 6.07 Å². The molecule has 3 rings (SSSR count). The number of hydrogen-bond acceptors (Lipinski definition) is 3. The largest absolute Gasteiger partial charge is 0.362 e. The van der Waals surface area contributed by atoms with Crippen LogP contribution in [0, 0.1) is 11.3 Å². The van der Waals surface area contributed by atoms with E-state index in [2.05, 4.69) is 59.3 Å². The Labute approximate surface area is 126 Å². The molecular weight excluding hydrogens is 258 g/mol. The maximum absolute atomic E-state index is 9.11. The number of hydrogen-bond donors (Lipinski definition) is 0. The predicted octanol–water partition coefficient (Wildman–Crippen LogP) is 3.05. The Morgan fingerprint density at radius 2 is 1.86 bits per heavy atom. The molecule has 3 nitrogen and oxygen atoms in total. The van der Waals surface area contributed by atoms with E-state index in [1.165, 1.54) is 5.56 Å². The summed E-state index contributed by atoms with van der Waals surface area (Å²) in [6.45, 7) is 3.02. The Morgan fingerprint density at radius 1 is 1.05 bits per heavy atom. The summed E-state index contributed by atoms with van der Waals surface area (Å²) in [7, 11) is 2.17. The summed E-state index contributed by atoms with van der Waals surface area (Å²) >= 11 is 0. The van der Waals surface area contributed by atoms with Crippen LogP contribution in [0.5, 0.6) is 0 Å². The molecule has 0 aromatic heterocycles. The zero-order chi connectivity index (χ0) is 14.7. The smallest absolute Gasteiger partial charge is 0.0992 e. The van der Waals surface area contributed by atoms with Crippen LogP contribution in [0.4, 0.5) is 5.69 Å². The van der Waals surface area contributed by atoms with Gasteiger partial charge in [0.25, 0.3) is 0 Å². The number of piperazine rings is 1. The molecule has 1 atom stereocenters. The van der Waals surface area contributed by atoms with Crippen LogP contribution in [-0.2, 0) is 0 Å². The summed E-state index contributed by atoms with van der Waals surface area (Å²) in [5, 5.41) is 9.11. The molecule has 1 aliphatic rings.